The largest absolute Gasteiger partial charge is 0.312 e. The second-order valence-corrected chi connectivity index (χ2v) is 8.48. The lowest BCUT2D eigenvalue weighted by molar-refractivity contribution is 0.588. The monoisotopic (exact) mass is 305 g/mol. The van der Waals surface area contributed by atoms with E-state index < -0.39 is 0 Å². The van der Waals surface area contributed by atoms with E-state index in [4.69, 9.17) is 0 Å². The minimum Gasteiger partial charge on any atom is -0.312 e. The van der Waals surface area contributed by atoms with Gasteiger partial charge in [0.2, 0.25) is 0 Å². The Bertz CT molecular complexity index is 412. The maximum absolute atomic E-state index is 3.48. The molecule has 1 fully saturated rings. The second-order valence-electron chi connectivity index (χ2n) is 7.40. The molecule has 1 aliphatic carbocycles. The van der Waals surface area contributed by atoms with Crippen molar-refractivity contribution in [3.05, 3.63) is 35.4 Å². The zero-order valence-corrected chi connectivity index (χ0v) is 14.9. The van der Waals surface area contributed by atoms with Gasteiger partial charge in [0, 0.05) is 11.8 Å². The number of thioether (sulfide) groups is 1. The molecule has 1 aromatic carbocycles. The van der Waals surface area contributed by atoms with Crippen LogP contribution in [0.25, 0.3) is 0 Å². The van der Waals surface area contributed by atoms with Crippen LogP contribution in [-0.2, 0) is 5.41 Å². The van der Waals surface area contributed by atoms with Crippen LogP contribution in [0.15, 0.2) is 24.3 Å². The molecule has 118 valence electrons. The number of nitrogens with one attached hydrogen (secondary N) is 1. The summed E-state index contributed by atoms with van der Waals surface area (Å²) < 4.78 is 0. The third kappa shape index (κ3) is 5.03. The summed E-state index contributed by atoms with van der Waals surface area (Å²) in [5.41, 5.74) is 3.08. The quantitative estimate of drug-likeness (QED) is 0.778. The molecule has 1 saturated carbocycles. The van der Waals surface area contributed by atoms with Gasteiger partial charge in [-0.05, 0) is 48.1 Å². The Balaban J connectivity index is 1.87. The molecule has 0 saturated heterocycles. The highest BCUT2D eigenvalue weighted by molar-refractivity contribution is 7.99. The van der Waals surface area contributed by atoms with Crippen molar-refractivity contribution < 1.29 is 0 Å². The minimum absolute atomic E-state index is 0.241. The van der Waals surface area contributed by atoms with E-state index in [1.165, 1.54) is 48.3 Å². The molecule has 2 rings (SSSR count). The Hall–Kier alpha value is -0.470. The van der Waals surface area contributed by atoms with Crippen LogP contribution in [0.5, 0.6) is 0 Å². The SMILES string of the molecule is CNC(CSCC1CCCC1)c1ccc(C(C)(C)C)cc1. The molecule has 1 atom stereocenters. The Kier molecular flexibility index (Phi) is 6.19. The van der Waals surface area contributed by atoms with Gasteiger partial charge in [-0.1, -0.05) is 57.9 Å². The topological polar surface area (TPSA) is 12.0 Å². The fourth-order valence-corrected chi connectivity index (χ4v) is 4.49. The van der Waals surface area contributed by atoms with Gasteiger partial charge in [0.1, 0.15) is 0 Å². The Labute approximate surface area is 135 Å². The van der Waals surface area contributed by atoms with Gasteiger partial charge in [-0.2, -0.15) is 11.8 Å². The van der Waals surface area contributed by atoms with Crippen molar-refractivity contribution in [3.63, 3.8) is 0 Å². The van der Waals surface area contributed by atoms with E-state index in [1.54, 1.807) is 0 Å². The first-order chi connectivity index (χ1) is 10.0. The maximum Gasteiger partial charge on any atom is 0.0409 e. The van der Waals surface area contributed by atoms with Crippen LogP contribution in [0.2, 0.25) is 0 Å². The fourth-order valence-electron chi connectivity index (χ4n) is 3.09. The lowest BCUT2D eigenvalue weighted by atomic mass is 9.86. The van der Waals surface area contributed by atoms with Crippen LogP contribution in [0.4, 0.5) is 0 Å². The van der Waals surface area contributed by atoms with Gasteiger partial charge in [-0.3, -0.25) is 0 Å². The van der Waals surface area contributed by atoms with Crippen LogP contribution < -0.4 is 5.32 Å². The summed E-state index contributed by atoms with van der Waals surface area (Å²) in [7, 11) is 2.08. The highest BCUT2D eigenvalue weighted by Gasteiger charge is 2.17. The third-order valence-corrected chi connectivity index (χ3v) is 5.92. The molecule has 1 aromatic rings. The molecule has 1 unspecified atom stereocenters. The molecule has 0 aromatic heterocycles. The molecule has 21 heavy (non-hydrogen) atoms. The molecule has 1 nitrogen and oxygen atoms in total. The van der Waals surface area contributed by atoms with E-state index in [0.29, 0.717) is 6.04 Å². The average Bonchev–Trinajstić information content (AvgIpc) is 2.96. The normalized spacial score (nSPS) is 18.1. The van der Waals surface area contributed by atoms with Crippen LogP contribution in [0.3, 0.4) is 0 Å². The number of benzene rings is 1. The van der Waals surface area contributed by atoms with E-state index >= 15 is 0 Å². The molecule has 1 aliphatic rings. The Morgan fingerprint density at radius 2 is 1.76 bits per heavy atom. The molecule has 0 amide bonds. The highest BCUT2D eigenvalue weighted by Crippen LogP contribution is 2.30. The summed E-state index contributed by atoms with van der Waals surface area (Å²) in [6, 6.07) is 9.67. The van der Waals surface area contributed by atoms with Crippen molar-refractivity contribution in [3.8, 4) is 0 Å². The van der Waals surface area contributed by atoms with E-state index in [2.05, 4.69) is 69.2 Å². The summed E-state index contributed by atoms with van der Waals surface area (Å²) in [5, 5.41) is 3.48. The zero-order chi connectivity index (χ0) is 15.3. The third-order valence-electron chi connectivity index (χ3n) is 4.64. The van der Waals surface area contributed by atoms with Crippen LogP contribution >= 0.6 is 11.8 Å². The van der Waals surface area contributed by atoms with Crippen molar-refractivity contribution >= 4 is 11.8 Å². The van der Waals surface area contributed by atoms with Crippen molar-refractivity contribution in [1.82, 2.24) is 5.32 Å². The summed E-state index contributed by atoms with van der Waals surface area (Å²) in [5.74, 6) is 3.51. The van der Waals surface area contributed by atoms with E-state index in [1.807, 2.05) is 0 Å². The fraction of sp³-hybridized carbons (Fsp3) is 0.684. The standard InChI is InChI=1S/C19H31NS/c1-19(2,3)17-11-9-16(10-12-17)18(20-4)14-21-13-15-7-5-6-8-15/h9-12,15,18,20H,5-8,13-14H2,1-4H3. The molecule has 0 aliphatic heterocycles. The van der Waals surface area contributed by atoms with Gasteiger partial charge < -0.3 is 5.32 Å². The van der Waals surface area contributed by atoms with E-state index in [9.17, 15) is 0 Å². The van der Waals surface area contributed by atoms with Gasteiger partial charge in [0.25, 0.3) is 0 Å². The number of hydrogen-bond acceptors (Lipinski definition) is 2. The first-order valence-corrected chi connectivity index (χ1v) is 9.51. The van der Waals surface area contributed by atoms with Crippen molar-refractivity contribution in [2.75, 3.05) is 18.6 Å². The first-order valence-electron chi connectivity index (χ1n) is 8.36. The van der Waals surface area contributed by atoms with Crippen LogP contribution in [0.1, 0.15) is 63.6 Å². The first kappa shape index (κ1) is 16.9. The molecule has 0 radical (unpaired) electrons. The lowest BCUT2D eigenvalue weighted by Crippen LogP contribution is -2.20. The van der Waals surface area contributed by atoms with Gasteiger partial charge in [-0.15, -0.1) is 0 Å². The Morgan fingerprint density at radius 3 is 2.29 bits per heavy atom. The van der Waals surface area contributed by atoms with Gasteiger partial charge >= 0.3 is 0 Å². The van der Waals surface area contributed by atoms with Crippen LogP contribution in [-0.4, -0.2) is 18.6 Å². The summed E-state index contributed by atoms with van der Waals surface area (Å²) >= 11 is 2.13. The summed E-state index contributed by atoms with van der Waals surface area (Å²) in [6.07, 6.45) is 5.82. The average molecular weight is 306 g/mol. The molecule has 0 spiro atoms. The molecule has 0 bridgehead atoms. The predicted molar refractivity (Wildman–Crippen MR) is 96.2 cm³/mol. The predicted octanol–water partition coefficient (Wildman–Crippen LogP) is 5.17. The molecular weight excluding hydrogens is 274 g/mol. The zero-order valence-electron chi connectivity index (χ0n) is 14.1. The lowest BCUT2D eigenvalue weighted by Gasteiger charge is -2.22. The highest BCUT2D eigenvalue weighted by atomic mass is 32.2. The Morgan fingerprint density at radius 1 is 1.14 bits per heavy atom. The summed E-state index contributed by atoms with van der Waals surface area (Å²) in [4.78, 5) is 0. The van der Waals surface area contributed by atoms with Gasteiger partial charge in [0.05, 0.1) is 0 Å². The minimum atomic E-state index is 0.241. The van der Waals surface area contributed by atoms with Crippen LogP contribution in [0, 0.1) is 5.92 Å². The van der Waals surface area contributed by atoms with Crippen molar-refractivity contribution in [2.24, 2.45) is 5.92 Å². The van der Waals surface area contributed by atoms with Crippen molar-refractivity contribution in [2.45, 2.75) is 57.9 Å². The maximum atomic E-state index is 3.48. The van der Waals surface area contributed by atoms with Crippen molar-refractivity contribution in [1.29, 1.82) is 0 Å². The summed E-state index contributed by atoms with van der Waals surface area (Å²) in [6.45, 7) is 6.82. The molecule has 1 N–H and O–H groups in total. The number of rotatable bonds is 6. The van der Waals surface area contributed by atoms with E-state index in [0.717, 1.165) is 5.92 Å². The van der Waals surface area contributed by atoms with E-state index in [-0.39, 0.29) is 5.41 Å². The van der Waals surface area contributed by atoms with Gasteiger partial charge in [-0.25, -0.2) is 0 Å². The molecular formula is C19H31NS. The van der Waals surface area contributed by atoms with Gasteiger partial charge in [0.15, 0.2) is 0 Å². The second kappa shape index (κ2) is 7.69. The smallest absolute Gasteiger partial charge is 0.0409 e. The molecule has 0 heterocycles. The molecule has 2 heteroatoms. The number of hydrogen-bond donors (Lipinski definition) is 1.